The molecule has 0 saturated carbocycles. The molecule has 76 valence electrons. The fourth-order valence-electron chi connectivity index (χ4n) is 1.07. The number of carboxylic acid groups (broad SMARTS) is 1. The normalized spacial score (nSPS) is 11.4. The summed E-state index contributed by atoms with van der Waals surface area (Å²) in [5, 5.41) is 8.28. The quantitative estimate of drug-likeness (QED) is 0.813. The third-order valence-corrected chi connectivity index (χ3v) is 1.69. The van der Waals surface area contributed by atoms with Crippen LogP contribution in [0.25, 0.3) is 0 Å². The largest absolute Gasteiger partial charge is 0.481 e. The van der Waals surface area contributed by atoms with Crippen molar-refractivity contribution in [3.05, 3.63) is 29.6 Å². The Bertz CT molecular complexity index is 352. The summed E-state index contributed by atoms with van der Waals surface area (Å²) in [6, 6.07) is 2.30. The maximum atomic E-state index is 13.2. The van der Waals surface area contributed by atoms with Crippen LogP contribution in [0.15, 0.2) is 18.3 Å². The van der Waals surface area contributed by atoms with Crippen molar-refractivity contribution in [1.29, 1.82) is 0 Å². The second-order valence-corrected chi connectivity index (χ2v) is 2.96. The van der Waals surface area contributed by atoms with Crippen molar-refractivity contribution >= 4 is 5.97 Å². The van der Waals surface area contributed by atoms with Gasteiger partial charge in [0.2, 0.25) is 0 Å². The van der Waals surface area contributed by atoms with Crippen LogP contribution in [0.4, 0.5) is 8.78 Å². The van der Waals surface area contributed by atoms with Gasteiger partial charge in [0, 0.05) is 17.5 Å². The van der Waals surface area contributed by atoms with Crippen molar-refractivity contribution in [3.8, 4) is 0 Å². The molecule has 0 bridgehead atoms. The molecule has 0 aliphatic rings. The van der Waals surface area contributed by atoms with Crippen molar-refractivity contribution in [2.24, 2.45) is 0 Å². The third kappa shape index (κ3) is 2.48. The SMILES string of the molecule is Cc1cc(C(F)(F)CC(=O)O)ccn1. The van der Waals surface area contributed by atoms with E-state index in [1.807, 2.05) is 0 Å². The maximum Gasteiger partial charge on any atom is 0.309 e. The lowest BCUT2D eigenvalue weighted by Gasteiger charge is -2.14. The smallest absolute Gasteiger partial charge is 0.309 e. The van der Waals surface area contributed by atoms with Crippen molar-refractivity contribution in [1.82, 2.24) is 4.98 Å². The number of aryl methyl sites for hydroxylation is 1. The second-order valence-electron chi connectivity index (χ2n) is 2.96. The highest BCUT2D eigenvalue weighted by molar-refractivity contribution is 5.68. The first kappa shape index (κ1) is 10.6. The lowest BCUT2D eigenvalue weighted by molar-refractivity contribution is -0.145. The van der Waals surface area contributed by atoms with E-state index in [0.717, 1.165) is 6.07 Å². The van der Waals surface area contributed by atoms with Gasteiger partial charge in [-0.15, -0.1) is 0 Å². The van der Waals surface area contributed by atoms with Gasteiger partial charge in [-0.2, -0.15) is 0 Å². The predicted molar refractivity (Wildman–Crippen MR) is 45.1 cm³/mol. The van der Waals surface area contributed by atoms with Crippen LogP contribution in [-0.2, 0) is 10.7 Å². The number of pyridine rings is 1. The Morgan fingerprint density at radius 3 is 2.79 bits per heavy atom. The van der Waals surface area contributed by atoms with Crippen LogP contribution in [-0.4, -0.2) is 16.1 Å². The lowest BCUT2D eigenvalue weighted by Crippen LogP contribution is -2.18. The van der Waals surface area contributed by atoms with E-state index in [1.165, 1.54) is 12.3 Å². The minimum Gasteiger partial charge on any atom is -0.481 e. The van der Waals surface area contributed by atoms with Gasteiger partial charge in [-0.1, -0.05) is 0 Å². The summed E-state index contributed by atoms with van der Waals surface area (Å²) < 4.78 is 26.4. The van der Waals surface area contributed by atoms with E-state index >= 15 is 0 Å². The molecule has 1 rings (SSSR count). The van der Waals surface area contributed by atoms with Crippen LogP contribution in [0.3, 0.4) is 0 Å². The van der Waals surface area contributed by atoms with Gasteiger partial charge < -0.3 is 5.11 Å². The fraction of sp³-hybridized carbons (Fsp3) is 0.333. The summed E-state index contributed by atoms with van der Waals surface area (Å²) in [5.41, 5.74) is 0.125. The summed E-state index contributed by atoms with van der Waals surface area (Å²) >= 11 is 0. The van der Waals surface area contributed by atoms with Gasteiger partial charge in [-0.05, 0) is 19.1 Å². The highest BCUT2D eigenvalue weighted by Crippen LogP contribution is 2.31. The molecule has 0 unspecified atom stereocenters. The van der Waals surface area contributed by atoms with Crippen LogP contribution in [0.2, 0.25) is 0 Å². The van der Waals surface area contributed by atoms with E-state index in [4.69, 9.17) is 5.11 Å². The minimum atomic E-state index is -3.33. The first-order valence-corrected chi connectivity index (χ1v) is 3.94. The van der Waals surface area contributed by atoms with Gasteiger partial charge in [0.25, 0.3) is 5.92 Å². The molecule has 0 aliphatic carbocycles. The second kappa shape index (κ2) is 3.69. The molecule has 1 aromatic rings. The van der Waals surface area contributed by atoms with Gasteiger partial charge in [0.15, 0.2) is 0 Å². The molecule has 0 fully saturated rings. The zero-order valence-electron chi connectivity index (χ0n) is 7.50. The van der Waals surface area contributed by atoms with Crippen molar-refractivity contribution < 1.29 is 18.7 Å². The number of aromatic nitrogens is 1. The molecule has 1 heterocycles. The average Bonchev–Trinajstić information content (AvgIpc) is 2.01. The van der Waals surface area contributed by atoms with Crippen LogP contribution in [0.1, 0.15) is 17.7 Å². The monoisotopic (exact) mass is 201 g/mol. The Morgan fingerprint density at radius 2 is 2.29 bits per heavy atom. The predicted octanol–water partition coefficient (Wildman–Crippen LogP) is 1.96. The summed E-state index contributed by atoms with van der Waals surface area (Å²) in [7, 11) is 0. The summed E-state index contributed by atoms with van der Waals surface area (Å²) in [6.07, 6.45) is 0.0386. The molecule has 0 radical (unpaired) electrons. The van der Waals surface area contributed by atoms with Gasteiger partial charge in [-0.3, -0.25) is 9.78 Å². The molecule has 0 amide bonds. The Kier molecular flexibility index (Phi) is 2.78. The van der Waals surface area contributed by atoms with Crippen LogP contribution >= 0.6 is 0 Å². The zero-order valence-corrected chi connectivity index (χ0v) is 7.50. The molecule has 0 atom stereocenters. The highest BCUT2D eigenvalue weighted by Gasteiger charge is 2.34. The fourth-order valence-corrected chi connectivity index (χ4v) is 1.07. The number of aliphatic carboxylic acids is 1. The highest BCUT2D eigenvalue weighted by atomic mass is 19.3. The van der Waals surface area contributed by atoms with Crippen LogP contribution < -0.4 is 0 Å². The third-order valence-electron chi connectivity index (χ3n) is 1.69. The number of hydrogen-bond donors (Lipinski definition) is 1. The van der Waals surface area contributed by atoms with E-state index in [1.54, 1.807) is 6.92 Å². The Hall–Kier alpha value is -1.52. The number of carboxylic acids is 1. The maximum absolute atomic E-state index is 13.2. The first-order valence-electron chi connectivity index (χ1n) is 3.94. The molecular formula is C9H9F2NO2. The number of rotatable bonds is 3. The zero-order chi connectivity index (χ0) is 10.8. The van der Waals surface area contributed by atoms with E-state index in [-0.39, 0.29) is 5.56 Å². The van der Waals surface area contributed by atoms with Crippen LogP contribution in [0, 0.1) is 6.92 Å². The summed E-state index contributed by atoms with van der Waals surface area (Å²) in [5.74, 6) is -4.86. The van der Waals surface area contributed by atoms with E-state index in [9.17, 15) is 13.6 Å². The number of nitrogens with zero attached hydrogens (tertiary/aromatic N) is 1. The Morgan fingerprint density at radius 1 is 1.64 bits per heavy atom. The van der Waals surface area contributed by atoms with Crippen molar-refractivity contribution in [2.45, 2.75) is 19.3 Å². The topological polar surface area (TPSA) is 50.2 Å². The average molecular weight is 201 g/mol. The minimum absolute atomic E-state index is 0.313. The number of alkyl halides is 2. The number of hydrogen-bond acceptors (Lipinski definition) is 2. The number of carbonyl (C=O) groups is 1. The number of halogens is 2. The molecular weight excluding hydrogens is 192 g/mol. The molecule has 3 nitrogen and oxygen atoms in total. The van der Waals surface area contributed by atoms with Gasteiger partial charge in [-0.25, -0.2) is 8.78 Å². The molecule has 0 spiro atoms. The van der Waals surface area contributed by atoms with Crippen LogP contribution in [0.5, 0.6) is 0 Å². The first-order chi connectivity index (χ1) is 6.42. The molecule has 0 aliphatic heterocycles. The summed E-state index contributed by atoms with van der Waals surface area (Å²) in [6.45, 7) is 1.57. The van der Waals surface area contributed by atoms with Crippen molar-refractivity contribution in [3.63, 3.8) is 0 Å². The van der Waals surface area contributed by atoms with E-state index in [2.05, 4.69) is 4.98 Å². The van der Waals surface area contributed by atoms with Gasteiger partial charge in [0.05, 0.1) is 0 Å². The Balaban J connectivity index is 2.97. The molecule has 0 aromatic carbocycles. The summed E-state index contributed by atoms with van der Waals surface area (Å²) in [4.78, 5) is 13.9. The van der Waals surface area contributed by atoms with E-state index in [0.29, 0.717) is 5.69 Å². The molecule has 14 heavy (non-hydrogen) atoms. The standard InChI is InChI=1S/C9H9F2NO2/c1-6-4-7(2-3-12-6)9(10,11)5-8(13)14/h2-4H,5H2,1H3,(H,13,14). The lowest BCUT2D eigenvalue weighted by atomic mass is 10.1. The van der Waals surface area contributed by atoms with Gasteiger partial charge >= 0.3 is 5.97 Å². The van der Waals surface area contributed by atoms with Gasteiger partial charge in [0.1, 0.15) is 6.42 Å². The van der Waals surface area contributed by atoms with E-state index < -0.39 is 18.3 Å². The molecule has 1 aromatic heterocycles. The molecule has 0 saturated heterocycles. The Labute approximate surface area is 79.4 Å². The molecule has 5 heteroatoms. The van der Waals surface area contributed by atoms with Crippen molar-refractivity contribution in [2.75, 3.05) is 0 Å². The molecule has 1 N–H and O–H groups in total.